The van der Waals surface area contributed by atoms with Crippen molar-refractivity contribution in [3.8, 4) is 0 Å². The van der Waals surface area contributed by atoms with E-state index in [1.54, 1.807) is 0 Å². The molecule has 2 rings (SSSR count). The molecule has 0 amide bonds. The first-order valence-corrected chi connectivity index (χ1v) is 7.95. The summed E-state index contributed by atoms with van der Waals surface area (Å²) >= 11 is 3.13. The summed E-state index contributed by atoms with van der Waals surface area (Å²) in [5.74, 6) is -0.569. The van der Waals surface area contributed by atoms with E-state index in [1.807, 2.05) is 0 Å². The first-order chi connectivity index (χ1) is 8.49. The van der Waals surface area contributed by atoms with Crippen LogP contribution in [0.5, 0.6) is 0 Å². The molecular formula is C11H15BrClFN2O2S. The Hall–Kier alpha value is -0.210. The minimum absolute atomic E-state index is 0. The molecule has 0 aliphatic carbocycles. The lowest BCUT2D eigenvalue weighted by Crippen LogP contribution is -2.45. The topological polar surface area (TPSA) is 58.2 Å². The molecule has 4 nitrogen and oxygen atoms in total. The molecule has 0 aromatic heterocycles. The fraction of sp³-hybridized carbons (Fsp3) is 0.455. The zero-order valence-corrected chi connectivity index (χ0v) is 13.2. The van der Waals surface area contributed by atoms with Gasteiger partial charge in [-0.2, -0.15) is 0 Å². The Kier molecular flexibility index (Phi) is 6.19. The molecule has 1 unspecified atom stereocenters. The third-order valence-electron chi connectivity index (χ3n) is 2.80. The van der Waals surface area contributed by atoms with Crippen LogP contribution < -0.4 is 10.0 Å². The van der Waals surface area contributed by atoms with Crippen molar-refractivity contribution in [1.29, 1.82) is 0 Å². The molecule has 1 fully saturated rings. The van der Waals surface area contributed by atoms with E-state index in [0.29, 0.717) is 11.0 Å². The van der Waals surface area contributed by atoms with Crippen molar-refractivity contribution in [1.82, 2.24) is 10.0 Å². The minimum atomic E-state index is -3.69. The van der Waals surface area contributed by atoms with Crippen LogP contribution in [-0.2, 0) is 10.0 Å². The summed E-state index contributed by atoms with van der Waals surface area (Å²) in [7, 11) is -3.69. The molecule has 19 heavy (non-hydrogen) atoms. The van der Waals surface area contributed by atoms with Crippen LogP contribution in [0, 0.1) is 5.82 Å². The van der Waals surface area contributed by atoms with Crippen molar-refractivity contribution in [2.24, 2.45) is 0 Å². The van der Waals surface area contributed by atoms with Gasteiger partial charge in [0.05, 0.1) is 4.90 Å². The summed E-state index contributed by atoms with van der Waals surface area (Å²) in [6.07, 6.45) is 1.72. The quantitative estimate of drug-likeness (QED) is 0.852. The van der Waals surface area contributed by atoms with Gasteiger partial charge in [0.2, 0.25) is 10.0 Å². The van der Waals surface area contributed by atoms with E-state index < -0.39 is 15.8 Å². The molecule has 2 N–H and O–H groups in total. The number of halogens is 3. The first-order valence-electron chi connectivity index (χ1n) is 5.67. The Morgan fingerprint density at radius 2 is 2.16 bits per heavy atom. The SMILES string of the molecule is Cl.O=S(=O)(NC1CCCNC1)c1cc(F)ccc1Br. The third-order valence-corrected chi connectivity index (χ3v) is 5.32. The van der Waals surface area contributed by atoms with Crippen LogP contribution in [0.25, 0.3) is 0 Å². The summed E-state index contributed by atoms with van der Waals surface area (Å²) in [4.78, 5) is -0.0620. The Labute approximate surface area is 126 Å². The summed E-state index contributed by atoms with van der Waals surface area (Å²) in [5.41, 5.74) is 0. The maximum atomic E-state index is 13.1. The minimum Gasteiger partial charge on any atom is -0.315 e. The van der Waals surface area contributed by atoms with Crippen molar-refractivity contribution >= 4 is 38.4 Å². The lowest BCUT2D eigenvalue weighted by atomic mass is 10.1. The molecule has 108 valence electrons. The van der Waals surface area contributed by atoms with E-state index >= 15 is 0 Å². The van der Waals surface area contributed by atoms with Crippen LogP contribution in [0.2, 0.25) is 0 Å². The highest BCUT2D eigenvalue weighted by atomic mass is 79.9. The van der Waals surface area contributed by atoms with Gasteiger partial charge >= 0.3 is 0 Å². The van der Waals surface area contributed by atoms with E-state index in [0.717, 1.165) is 25.5 Å². The number of rotatable bonds is 3. The van der Waals surface area contributed by atoms with Crippen molar-refractivity contribution in [2.75, 3.05) is 13.1 Å². The highest BCUT2D eigenvalue weighted by Crippen LogP contribution is 2.23. The van der Waals surface area contributed by atoms with Gasteiger partial charge in [-0.15, -0.1) is 12.4 Å². The predicted octanol–water partition coefficient (Wildman–Crippen LogP) is 2.04. The van der Waals surface area contributed by atoms with Crippen molar-refractivity contribution in [3.05, 3.63) is 28.5 Å². The number of benzene rings is 1. The molecule has 1 heterocycles. The molecule has 1 atom stereocenters. The van der Waals surface area contributed by atoms with Gasteiger partial charge in [0.25, 0.3) is 0 Å². The average Bonchev–Trinajstić information content (AvgIpc) is 2.33. The van der Waals surface area contributed by atoms with Gasteiger partial charge in [0.15, 0.2) is 0 Å². The maximum Gasteiger partial charge on any atom is 0.242 e. The molecule has 0 spiro atoms. The zero-order chi connectivity index (χ0) is 13.2. The second-order valence-corrected chi connectivity index (χ2v) is 6.78. The second-order valence-electron chi connectivity index (χ2n) is 4.24. The molecule has 8 heteroatoms. The molecule has 0 saturated carbocycles. The maximum absolute atomic E-state index is 13.1. The van der Waals surface area contributed by atoms with Crippen LogP contribution in [-0.4, -0.2) is 27.5 Å². The molecule has 1 aliphatic rings. The van der Waals surface area contributed by atoms with Crippen LogP contribution in [0.4, 0.5) is 4.39 Å². The smallest absolute Gasteiger partial charge is 0.242 e. The number of hydrogen-bond donors (Lipinski definition) is 2. The van der Waals surface area contributed by atoms with Crippen LogP contribution in [0.15, 0.2) is 27.6 Å². The lowest BCUT2D eigenvalue weighted by Gasteiger charge is -2.23. The van der Waals surface area contributed by atoms with Crippen molar-refractivity contribution < 1.29 is 12.8 Å². The third kappa shape index (κ3) is 4.39. The number of hydrogen-bond acceptors (Lipinski definition) is 3. The highest BCUT2D eigenvalue weighted by molar-refractivity contribution is 9.10. The van der Waals surface area contributed by atoms with Gasteiger partial charge < -0.3 is 5.32 Å². The van der Waals surface area contributed by atoms with E-state index in [9.17, 15) is 12.8 Å². The molecule has 1 aromatic carbocycles. The number of piperidine rings is 1. The highest BCUT2D eigenvalue weighted by Gasteiger charge is 2.23. The standard InChI is InChI=1S/C11H14BrFN2O2S.ClH/c12-10-4-3-8(13)6-11(10)18(16,17)15-9-2-1-5-14-7-9;/h3-4,6,9,14-15H,1-2,5,7H2;1H. The monoisotopic (exact) mass is 372 g/mol. The van der Waals surface area contributed by atoms with Gasteiger partial charge in [0.1, 0.15) is 5.82 Å². The Morgan fingerprint density at radius 1 is 1.42 bits per heavy atom. The fourth-order valence-electron chi connectivity index (χ4n) is 1.92. The van der Waals surface area contributed by atoms with Crippen molar-refractivity contribution in [2.45, 2.75) is 23.8 Å². The van der Waals surface area contributed by atoms with E-state index in [1.165, 1.54) is 12.1 Å². The van der Waals surface area contributed by atoms with Gasteiger partial charge in [0, 0.05) is 17.1 Å². The largest absolute Gasteiger partial charge is 0.315 e. The van der Waals surface area contributed by atoms with Crippen molar-refractivity contribution in [3.63, 3.8) is 0 Å². The van der Waals surface area contributed by atoms with Gasteiger partial charge in [-0.05, 0) is 53.5 Å². The Bertz CT molecular complexity index is 535. The summed E-state index contributed by atoms with van der Waals surface area (Å²) in [6.45, 7) is 1.51. The fourth-order valence-corrected chi connectivity index (χ4v) is 4.16. The summed E-state index contributed by atoms with van der Waals surface area (Å²) < 4.78 is 40.4. The second kappa shape index (κ2) is 6.99. The molecule has 0 radical (unpaired) electrons. The Balaban J connectivity index is 0.00000180. The summed E-state index contributed by atoms with van der Waals surface area (Å²) in [5, 5.41) is 3.12. The number of nitrogens with one attached hydrogen (secondary N) is 2. The first kappa shape index (κ1) is 16.8. The van der Waals surface area contributed by atoms with E-state index in [2.05, 4.69) is 26.0 Å². The number of sulfonamides is 1. The Morgan fingerprint density at radius 3 is 2.79 bits per heavy atom. The van der Waals surface area contributed by atoms with Crippen LogP contribution >= 0.6 is 28.3 Å². The van der Waals surface area contributed by atoms with E-state index in [-0.39, 0.29) is 23.3 Å². The molecular weight excluding hydrogens is 359 g/mol. The normalized spacial score (nSPS) is 19.8. The predicted molar refractivity (Wildman–Crippen MR) is 77.6 cm³/mol. The summed E-state index contributed by atoms with van der Waals surface area (Å²) in [6, 6.07) is 3.48. The van der Waals surface area contributed by atoms with Gasteiger partial charge in [-0.25, -0.2) is 17.5 Å². The lowest BCUT2D eigenvalue weighted by molar-refractivity contribution is 0.428. The molecule has 1 aliphatic heterocycles. The van der Waals surface area contributed by atoms with Gasteiger partial charge in [-0.1, -0.05) is 0 Å². The molecule has 1 aromatic rings. The molecule has 1 saturated heterocycles. The van der Waals surface area contributed by atoms with Gasteiger partial charge in [-0.3, -0.25) is 0 Å². The van der Waals surface area contributed by atoms with Crippen LogP contribution in [0.1, 0.15) is 12.8 Å². The average molecular weight is 374 g/mol. The van der Waals surface area contributed by atoms with E-state index in [4.69, 9.17) is 0 Å². The zero-order valence-electron chi connectivity index (χ0n) is 10.0. The molecule has 0 bridgehead atoms. The van der Waals surface area contributed by atoms with Crippen LogP contribution in [0.3, 0.4) is 0 Å².